The first kappa shape index (κ1) is 13.0. The van der Waals surface area contributed by atoms with Gasteiger partial charge in [-0.2, -0.15) is 4.98 Å². The van der Waals surface area contributed by atoms with Crippen molar-refractivity contribution < 1.29 is 9.15 Å². The molecule has 0 saturated carbocycles. The molecular weight excluding hydrogens is 284 g/mol. The minimum atomic E-state index is 0.219. The predicted octanol–water partition coefficient (Wildman–Crippen LogP) is 1.10. The molecule has 1 aliphatic heterocycles. The first-order chi connectivity index (χ1) is 10.8. The lowest BCUT2D eigenvalue weighted by Gasteiger charge is -2.28. The Morgan fingerprint density at radius 3 is 2.64 bits per heavy atom. The van der Waals surface area contributed by atoms with Crippen molar-refractivity contribution in [2.75, 3.05) is 36.9 Å². The van der Waals surface area contributed by atoms with Crippen LogP contribution in [0.25, 0.3) is 22.5 Å². The number of hydrogen-bond donors (Lipinski definition) is 1. The molecule has 0 aliphatic carbocycles. The van der Waals surface area contributed by atoms with Crippen LogP contribution in [-0.4, -0.2) is 46.2 Å². The fourth-order valence-corrected chi connectivity index (χ4v) is 2.44. The Hall–Kier alpha value is -2.74. The summed E-state index contributed by atoms with van der Waals surface area (Å²) in [4.78, 5) is 19.3. The van der Waals surface area contributed by atoms with Crippen LogP contribution in [0.2, 0.25) is 0 Å². The van der Waals surface area contributed by atoms with Crippen molar-refractivity contribution in [2.45, 2.75) is 0 Å². The van der Waals surface area contributed by atoms with Gasteiger partial charge in [-0.1, -0.05) is 0 Å². The predicted molar refractivity (Wildman–Crippen MR) is 80.3 cm³/mol. The summed E-state index contributed by atoms with van der Waals surface area (Å²) in [6, 6.07) is 1.88. The summed E-state index contributed by atoms with van der Waals surface area (Å²) >= 11 is 0. The second kappa shape index (κ2) is 5.23. The normalized spacial score (nSPS) is 15.4. The summed E-state index contributed by atoms with van der Waals surface area (Å²) in [6.45, 7) is 2.94. The van der Waals surface area contributed by atoms with Crippen molar-refractivity contribution in [1.29, 1.82) is 0 Å². The summed E-state index contributed by atoms with van der Waals surface area (Å²) in [5.74, 6) is 1.58. The minimum Gasteiger partial charge on any atom is -0.446 e. The maximum atomic E-state index is 5.52. The van der Waals surface area contributed by atoms with E-state index in [9.17, 15) is 0 Å². The zero-order valence-corrected chi connectivity index (χ0v) is 11.8. The summed E-state index contributed by atoms with van der Waals surface area (Å²) in [5, 5.41) is 0.891. The molecule has 4 rings (SSSR count). The SMILES string of the molecule is Nc1ncc(-c2nc(N3CCOCC3)c3ccoc3n2)cn1. The number of hydrogen-bond acceptors (Lipinski definition) is 8. The minimum absolute atomic E-state index is 0.219. The van der Waals surface area contributed by atoms with Gasteiger partial charge in [0.25, 0.3) is 0 Å². The standard InChI is InChI=1S/C14H14N6O2/c15-14-16-7-9(8-17-14)11-18-12(20-2-5-21-6-3-20)10-1-4-22-13(10)19-11/h1,4,7-8H,2-3,5-6H2,(H2,15,16,17). The Labute approximate surface area is 126 Å². The smallest absolute Gasteiger partial charge is 0.231 e. The van der Waals surface area contributed by atoms with Crippen LogP contribution in [0, 0.1) is 0 Å². The zero-order valence-electron chi connectivity index (χ0n) is 11.8. The fourth-order valence-electron chi connectivity index (χ4n) is 2.44. The molecule has 0 unspecified atom stereocenters. The molecule has 0 spiro atoms. The van der Waals surface area contributed by atoms with Crippen LogP contribution in [0.15, 0.2) is 29.1 Å². The molecule has 112 valence electrons. The highest BCUT2D eigenvalue weighted by atomic mass is 16.5. The highest BCUT2D eigenvalue weighted by Gasteiger charge is 2.19. The van der Waals surface area contributed by atoms with E-state index in [-0.39, 0.29) is 5.95 Å². The summed E-state index contributed by atoms with van der Waals surface area (Å²) in [7, 11) is 0. The Morgan fingerprint density at radius 1 is 1.09 bits per heavy atom. The van der Waals surface area contributed by atoms with E-state index in [0.717, 1.165) is 24.3 Å². The van der Waals surface area contributed by atoms with Crippen molar-refractivity contribution in [2.24, 2.45) is 0 Å². The molecule has 1 fully saturated rings. The van der Waals surface area contributed by atoms with Gasteiger partial charge in [-0.25, -0.2) is 15.0 Å². The van der Waals surface area contributed by atoms with Gasteiger partial charge in [0.2, 0.25) is 11.7 Å². The largest absolute Gasteiger partial charge is 0.446 e. The summed E-state index contributed by atoms with van der Waals surface area (Å²) in [6.07, 6.45) is 4.83. The maximum absolute atomic E-state index is 5.52. The van der Waals surface area contributed by atoms with Crippen molar-refractivity contribution >= 4 is 22.9 Å². The van der Waals surface area contributed by atoms with Gasteiger partial charge in [0.1, 0.15) is 5.82 Å². The number of fused-ring (bicyclic) bond motifs is 1. The average molecular weight is 298 g/mol. The van der Waals surface area contributed by atoms with Crippen LogP contribution in [0.1, 0.15) is 0 Å². The molecule has 1 aliphatic rings. The number of nitrogen functional groups attached to an aromatic ring is 1. The van der Waals surface area contributed by atoms with E-state index in [2.05, 4.69) is 24.8 Å². The number of nitrogens with zero attached hydrogens (tertiary/aromatic N) is 5. The highest BCUT2D eigenvalue weighted by Crippen LogP contribution is 2.28. The second-order valence-corrected chi connectivity index (χ2v) is 4.94. The third-order valence-corrected chi connectivity index (χ3v) is 3.55. The number of nitrogens with two attached hydrogens (primary N) is 1. The molecule has 0 radical (unpaired) electrons. The molecule has 0 bridgehead atoms. The first-order valence-electron chi connectivity index (χ1n) is 6.97. The van der Waals surface area contributed by atoms with Gasteiger partial charge >= 0.3 is 0 Å². The van der Waals surface area contributed by atoms with E-state index < -0.39 is 0 Å². The molecule has 8 heteroatoms. The lowest BCUT2D eigenvalue weighted by Crippen LogP contribution is -2.37. The molecular formula is C14H14N6O2. The quantitative estimate of drug-likeness (QED) is 0.750. The van der Waals surface area contributed by atoms with Gasteiger partial charge < -0.3 is 19.8 Å². The Kier molecular flexibility index (Phi) is 3.08. The van der Waals surface area contributed by atoms with Gasteiger partial charge in [0, 0.05) is 25.5 Å². The fraction of sp³-hybridized carbons (Fsp3) is 0.286. The molecule has 1 saturated heterocycles. The van der Waals surface area contributed by atoms with Crippen molar-refractivity contribution in [1.82, 2.24) is 19.9 Å². The topological polar surface area (TPSA) is 103 Å². The zero-order chi connectivity index (χ0) is 14.9. The number of ether oxygens (including phenoxy) is 1. The molecule has 3 aromatic rings. The van der Waals surface area contributed by atoms with Crippen LogP contribution >= 0.6 is 0 Å². The molecule has 4 heterocycles. The Balaban J connectivity index is 1.84. The number of morpholine rings is 1. The summed E-state index contributed by atoms with van der Waals surface area (Å²) < 4.78 is 10.9. The first-order valence-corrected chi connectivity index (χ1v) is 6.97. The van der Waals surface area contributed by atoms with Gasteiger partial charge in [0.15, 0.2) is 5.82 Å². The summed E-state index contributed by atoms with van der Waals surface area (Å²) in [5.41, 5.74) is 6.76. The van der Waals surface area contributed by atoms with Gasteiger partial charge in [-0.05, 0) is 6.07 Å². The number of anilines is 2. The van der Waals surface area contributed by atoms with E-state index in [1.165, 1.54) is 0 Å². The molecule has 0 aromatic carbocycles. The molecule has 3 aromatic heterocycles. The Morgan fingerprint density at radius 2 is 1.86 bits per heavy atom. The number of aromatic nitrogens is 4. The number of rotatable bonds is 2. The monoisotopic (exact) mass is 298 g/mol. The van der Waals surface area contributed by atoms with E-state index in [0.29, 0.717) is 30.3 Å². The van der Waals surface area contributed by atoms with Crippen LogP contribution in [0.3, 0.4) is 0 Å². The van der Waals surface area contributed by atoms with Gasteiger partial charge in [-0.3, -0.25) is 0 Å². The van der Waals surface area contributed by atoms with Crippen LogP contribution in [0.5, 0.6) is 0 Å². The lowest BCUT2D eigenvalue weighted by molar-refractivity contribution is 0.122. The molecule has 0 amide bonds. The molecule has 8 nitrogen and oxygen atoms in total. The van der Waals surface area contributed by atoms with Crippen LogP contribution < -0.4 is 10.6 Å². The van der Waals surface area contributed by atoms with Crippen LogP contribution in [0.4, 0.5) is 11.8 Å². The highest BCUT2D eigenvalue weighted by molar-refractivity contribution is 5.87. The van der Waals surface area contributed by atoms with Crippen LogP contribution in [-0.2, 0) is 4.74 Å². The number of furan rings is 1. The second-order valence-electron chi connectivity index (χ2n) is 4.94. The van der Waals surface area contributed by atoms with Gasteiger partial charge in [0.05, 0.1) is 30.4 Å². The molecule has 0 atom stereocenters. The van der Waals surface area contributed by atoms with E-state index in [1.54, 1.807) is 18.7 Å². The molecule has 22 heavy (non-hydrogen) atoms. The van der Waals surface area contributed by atoms with E-state index in [1.807, 2.05) is 6.07 Å². The third-order valence-electron chi connectivity index (χ3n) is 3.55. The Bertz CT molecular complexity index is 795. The van der Waals surface area contributed by atoms with E-state index in [4.69, 9.17) is 14.9 Å². The van der Waals surface area contributed by atoms with Crippen molar-refractivity contribution in [3.05, 3.63) is 24.7 Å². The van der Waals surface area contributed by atoms with Crippen molar-refractivity contribution in [3.63, 3.8) is 0 Å². The average Bonchev–Trinajstić information content (AvgIpc) is 3.04. The molecule has 2 N–H and O–H groups in total. The van der Waals surface area contributed by atoms with Crippen molar-refractivity contribution in [3.8, 4) is 11.4 Å². The van der Waals surface area contributed by atoms with Gasteiger partial charge in [-0.15, -0.1) is 0 Å². The van der Waals surface area contributed by atoms with E-state index >= 15 is 0 Å². The third kappa shape index (κ3) is 2.23. The lowest BCUT2D eigenvalue weighted by atomic mass is 10.2. The maximum Gasteiger partial charge on any atom is 0.231 e.